The van der Waals surface area contributed by atoms with E-state index < -0.39 is 11.9 Å². The van der Waals surface area contributed by atoms with E-state index in [9.17, 15) is 14.4 Å². The van der Waals surface area contributed by atoms with Gasteiger partial charge in [0, 0.05) is 17.2 Å². The Balaban J connectivity index is 2.22. The molecule has 0 aromatic heterocycles. The molecule has 0 unspecified atom stereocenters. The Bertz CT molecular complexity index is 800. The fourth-order valence-electron chi connectivity index (χ4n) is 2.22. The van der Waals surface area contributed by atoms with Crippen LogP contribution in [0.5, 0.6) is 0 Å². The van der Waals surface area contributed by atoms with Gasteiger partial charge in [-0.2, -0.15) is 0 Å². The van der Waals surface area contributed by atoms with Crippen LogP contribution in [0, 0.1) is 0 Å². The van der Waals surface area contributed by atoms with Crippen LogP contribution in [-0.4, -0.2) is 30.9 Å². The van der Waals surface area contributed by atoms with Crippen LogP contribution in [0.15, 0.2) is 48.5 Å². The van der Waals surface area contributed by atoms with Gasteiger partial charge in [-0.05, 0) is 44.2 Å². The molecule has 2 amide bonds. The van der Waals surface area contributed by atoms with Gasteiger partial charge in [-0.25, -0.2) is 4.79 Å². The van der Waals surface area contributed by atoms with Crippen molar-refractivity contribution in [2.45, 2.75) is 19.9 Å². The molecule has 0 atom stereocenters. The maximum atomic E-state index is 12.5. The first-order valence-corrected chi connectivity index (χ1v) is 7.82. The first kappa shape index (κ1) is 18.2. The van der Waals surface area contributed by atoms with E-state index in [4.69, 9.17) is 4.74 Å². The van der Waals surface area contributed by atoms with Gasteiger partial charge in [0.1, 0.15) is 0 Å². The number of carbonyl (C=O) groups excluding carboxylic acids is 3. The summed E-state index contributed by atoms with van der Waals surface area (Å²) >= 11 is 0. The minimum absolute atomic E-state index is 0.00286. The fourth-order valence-corrected chi connectivity index (χ4v) is 2.22. The number of benzene rings is 2. The zero-order chi connectivity index (χ0) is 18.4. The third kappa shape index (κ3) is 4.67. The summed E-state index contributed by atoms with van der Waals surface area (Å²) in [6.45, 7) is 3.72. The zero-order valence-electron chi connectivity index (χ0n) is 14.3. The maximum Gasteiger partial charge on any atom is 0.339 e. The van der Waals surface area contributed by atoms with Crippen LogP contribution in [-0.2, 0) is 4.74 Å². The molecule has 2 aromatic carbocycles. The van der Waals surface area contributed by atoms with Crippen molar-refractivity contribution in [2.75, 3.05) is 12.4 Å². The van der Waals surface area contributed by atoms with Crippen LogP contribution < -0.4 is 10.6 Å². The molecule has 0 radical (unpaired) electrons. The molecule has 0 bridgehead atoms. The van der Waals surface area contributed by atoms with E-state index in [1.165, 1.54) is 13.2 Å². The van der Waals surface area contributed by atoms with Crippen molar-refractivity contribution in [3.63, 3.8) is 0 Å². The molecular formula is C19H20N2O4. The van der Waals surface area contributed by atoms with Crippen molar-refractivity contribution in [1.82, 2.24) is 5.32 Å². The number of carbonyl (C=O) groups is 3. The molecule has 0 heterocycles. The van der Waals surface area contributed by atoms with Gasteiger partial charge in [-0.3, -0.25) is 9.59 Å². The van der Waals surface area contributed by atoms with Crippen molar-refractivity contribution >= 4 is 23.5 Å². The maximum absolute atomic E-state index is 12.5. The average molecular weight is 340 g/mol. The van der Waals surface area contributed by atoms with Crippen molar-refractivity contribution in [3.8, 4) is 0 Å². The molecule has 6 heteroatoms. The number of ether oxygens (including phenoxy) is 1. The second-order valence-corrected chi connectivity index (χ2v) is 5.70. The molecule has 0 aliphatic rings. The molecule has 0 fully saturated rings. The van der Waals surface area contributed by atoms with Crippen LogP contribution >= 0.6 is 0 Å². The van der Waals surface area contributed by atoms with E-state index in [2.05, 4.69) is 10.6 Å². The van der Waals surface area contributed by atoms with Gasteiger partial charge < -0.3 is 15.4 Å². The molecule has 0 spiro atoms. The smallest absolute Gasteiger partial charge is 0.339 e. The third-order valence-electron chi connectivity index (χ3n) is 3.39. The topological polar surface area (TPSA) is 84.5 Å². The lowest BCUT2D eigenvalue weighted by molar-refractivity contribution is 0.0601. The van der Waals surface area contributed by atoms with E-state index in [0.717, 1.165) is 0 Å². The van der Waals surface area contributed by atoms with E-state index >= 15 is 0 Å². The van der Waals surface area contributed by atoms with Crippen molar-refractivity contribution < 1.29 is 19.1 Å². The van der Waals surface area contributed by atoms with Crippen LogP contribution in [0.4, 0.5) is 5.69 Å². The van der Waals surface area contributed by atoms with Gasteiger partial charge in [-0.1, -0.05) is 18.2 Å². The Labute approximate surface area is 146 Å². The number of hydrogen-bond acceptors (Lipinski definition) is 4. The second-order valence-electron chi connectivity index (χ2n) is 5.70. The lowest BCUT2D eigenvalue weighted by atomic mass is 10.1. The molecule has 2 aromatic rings. The molecule has 0 saturated carbocycles. The molecule has 0 aliphatic heterocycles. The number of nitrogens with one attached hydrogen (secondary N) is 2. The Morgan fingerprint density at radius 1 is 0.920 bits per heavy atom. The molecule has 0 saturated heterocycles. The highest BCUT2D eigenvalue weighted by Crippen LogP contribution is 2.17. The summed E-state index contributed by atoms with van der Waals surface area (Å²) in [6.07, 6.45) is 0. The molecular weight excluding hydrogens is 320 g/mol. The summed E-state index contributed by atoms with van der Waals surface area (Å²) < 4.78 is 4.71. The largest absolute Gasteiger partial charge is 0.465 e. The van der Waals surface area contributed by atoms with Gasteiger partial charge in [0.15, 0.2) is 0 Å². The van der Waals surface area contributed by atoms with Gasteiger partial charge in [0.25, 0.3) is 11.8 Å². The lowest BCUT2D eigenvalue weighted by Gasteiger charge is -2.11. The van der Waals surface area contributed by atoms with Crippen molar-refractivity contribution in [2.24, 2.45) is 0 Å². The van der Waals surface area contributed by atoms with Crippen molar-refractivity contribution in [1.29, 1.82) is 0 Å². The van der Waals surface area contributed by atoms with E-state index in [1.54, 1.807) is 42.5 Å². The number of rotatable bonds is 5. The second kappa shape index (κ2) is 8.10. The average Bonchev–Trinajstić information content (AvgIpc) is 2.61. The molecule has 2 N–H and O–H groups in total. The van der Waals surface area contributed by atoms with Crippen LogP contribution in [0.2, 0.25) is 0 Å². The fraction of sp³-hybridized carbons (Fsp3) is 0.211. The molecule has 130 valence electrons. The summed E-state index contributed by atoms with van der Waals surface area (Å²) in [6, 6.07) is 12.9. The number of hydrogen-bond donors (Lipinski definition) is 2. The predicted octanol–water partition coefficient (Wildman–Crippen LogP) is 2.86. The van der Waals surface area contributed by atoms with Gasteiger partial charge in [0.2, 0.25) is 0 Å². The Morgan fingerprint density at radius 2 is 1.56 bits per heavy atom. The number of esters is 1. The normalized spacial score (nSPS) is 10.2. The van der Waals surface area contributed by atoms with Crippen molar-refractivity contribution in [3.05, 3.63) is 65.2 Å². The highest BCUT2D eigenvalue weighted by Gasteiger charge is 2.15. The van der Waals surface area contributed by atoms with Crippen LogP contribution in [0.3, 0.4) is 0 Å². The molecule has 0 aliphatic carbocycles. The van der Waals surface area contributed by atoms with E-state index in [0.29, 0.717) is 16.8 Å². The summed E-state index contributed by atoms with van der Waals surface area (Å²) in [5.74, 6) is -1.21. The number of methoxy groups -OCH3 is 1. The highest BCUT2D eigenvalue weighted by atomic mass is 16.5. The zero-order valence-corrected chi connectivity index (χ0v) is 14.3. The Kier molecular flexibility index (Phi) is 5.89. The Hall–Kier alpha value is -3.15. The standard InChI is InChI=1S/C19H20N2O4/c1-12(2)20-17(22)13-7-6-8-14(11-13)18(23)21-16-10-5-4-9-15(16)19(24)25-3/h4-12H,1-3H3,(H,20,22)(H,21,23). The molecule has 25 heavy (non-hydrogen) atoms. The summed E-state index contributed by atoms with van der Waals surface area (Å²) in [5.41, 5.74) is 1.31. The first-order chi connectivity index (χ1) is 11.9. The predicted molar refractivity (Wildman–Crippen MR) is 94.8 cm³/mol. The van der Waals surface area contributed by atoms with Gasteiger partial charge >= 0.3 is 5.97 Å². The van der Waals surface area contributed by atoms with Gasteiger partial charge in [0.05, 0.1) is 18.4 Å². The molecule has 6 nitrogen and oxygen atoms in total. The number of amides is 2. The number of anilines is 1. The minimum atomic E-state index is -0.541. The molecule has 2 rings (SSSR count). The third-order valence-corrected chi connectivity index (χ3v) is 3.39. The number of para-hydroxylation sites is 1. The monoisotopic (exact) mass is 340 g/mol. The lowest BCUT2D eigenvalue weighted by Crippen LogP contribution is -2.30. The van der Waals surface area contributed by atoms with Gasteiger partial charge in [-0.15, -0.1) is 0 Å². The first-order valence-electron chi connectivity index (χ1n) is 7.82. The summed E-state index contributed by atoms with van der Waals surface area (Å²) in [4.78, 5) is 36.3. The summed E-state index contributed by atoms with van der Waals surface area (Å²) in [7, 11) is 1.28. The summed E-state index contributed by atoms with van der Waals surface area (Å²) in [5, 5.41) is 5.45. The minimum Gasteiger partial charge on any atom is -0.465 e. The van der Waals surface area contributed by atoms with E-state index in [1.807, 2.05) is 13.8 Å². The van der Waals surface area contributed by atoms with Crippen LogP contribution in [0.25, 0.3) is 0 Å². The highest BCUT2D eigenvalue weighted by molar-refractivity contribution is 6.09. The SMILES string of the molecule is COC(=O)c1ccccc1NC(=O)c1cccc(C(=O)NC(C)C)c1. The van der Waals surface area contributed by atoms with Crippen LogP contribution in [0.1, 0.15) is 44.9 Å². The van der Waals surface area contributed by atoms with E-state index in [-0.39, 0.29) is 17.5 Å². The Morgan fingerprint density at radius 3 is 2.20 bits per heavy atom. The quantitative estimate of drug-likeness (QED) is 0.820.